The summed E-state index contributed by atoms with van der Waals surface area (Å²) in [6.45, 7) is 16.0. The quantitative estimate of drug-likeness (QED) is 0.290. The fourth-order valence-electron chi connectivity index (χ4n) is 2.30. The lowest BCUT2D eigenvalue weighted by Crippen LogP contribution is -2.10. The van der Waals surface area contributed by atoms with E-state index in [1.54, 1.807) is 14.2 Å². The summed E-state index contributed by atoms with van der Waals surface area (Å²) in [5.41, 5.74) is 4.15. The topological polar surface area (TPSA) is 46.0 Å². The molecule has 2 rings (SSSR count). The second-order valence-electron chi connectivity index (χ2n) is 5.73. The van der Waals surface area contributed by atoms with Gasteiger partial charge < -0.3 is 10.1 Å². The molecule has 0 aliphatic rings. The largest absolute Gasteiger partial charge is 0.497 e. The Morgan fingerprint density at radius 3 is 2.06 bits per heavy atom. The number of nitrogens with one attached hydrogen (secondary N) is 1. The second kappa shape index (κ2) is 21.1. The van der Waals surface area contributed by atoms with Gasteiger partial charge in [-0.15, -0.1) is 0 Å². The van der Waals surface area contributed by atoms with Gasteiger partial charge in [0.25, 0.3) is 0 Å². The number of anilines is 1. The maximum atomic E-state index is 5.23. The number of aliphatic imine (C=N–C) groups is 2. The highest BCUT2D eigenvalue weighted by Gasteiger charge is 1.99. The Morgan fingerprint density at radius 1 is 0.875 bits per heavy atom. The third kappa shape index (κ3) is 13.2. The number of nitrogens with zero attached hydrogens (tertiary/aromatic N) is 2. The summed E-state index contributed by atoms with van der Waals surface area (Å²) in [6, 6.07) is 18.0. The van der Waals surface area contributed by atoms with Crippen molar-refractivity contribution in [2.75, 3.05) is 19.5 Å². The van der Waals surface area contributed by atoms with Gasteiger partial charge >= 0.3 is 0 Å². The smallest absolute Gasteiger partial charge is 0.222 e. The molecular weight excluding hydrogens is 394 g/mol. The summed E-state index contributed by atoms with van der Waals surface area (Å²) < 4.78 is 5.23. The van der Waals surface area contributed by atoms with E-state index in [1.165, 1.54) is 11.1 Å². The van der Waals surface area contributed by atoms with E-state index in [0.29, 0.717) is 5.96 Å². The van der Waals surface area contributed by atoms with E-state index >= 15 is 0 Å². The molecule has 0 bridgehead atoms. The zero-order chi connectivity index (χ0) is 24.8. The third-order valence-corrected chi connectivity index (χ3v) is 3.73. The highest BCUT2D eigenvalue weighted by atomic mass is 16.5. The van der Waals surface area contributed by atoms with Crippen LogP contribution in [0.4, 0.5) is 5.69 Å². The van der Waals surface area contributed by atoms with E-state index in [-0.39, 0.29) is 0 Å². The minimum absolute atomic E-state index is 0.546. The number of benzene rings is 2. The highest BCUT2D eigenvalue weighted by molar-refractivity contribution is 6.06. The second-order valence-corrected chi connectivity index (χ2v) is 5.73. The minimum Gasteiger partial charge on any atom is -0.497 e. The summed E-state index contributed by atoms with van der Waals surface area (Å²) >= 11 is 0. The van der Waals surface area contributed by atoms with Crippen molar-refractivity contribution < 1.29 is 4.74 Å². The molecule has 0 amide bonds. The maximum absolute atomic E-state index is 5.23. The Balaban J connectivity index is 0. The lowest BCUT2D eigenvalue weighted by atomic mass is 10.1. The Morgan fingerprint density at radius 2 is 1.50 bits per heavy atom. The highest BCUT2D eigenvalue weighted by Crippen LogP contribution is 2.17. The molecule has 0 radical (unpaired) electrons. The summed E-state index contributed by atoms with van der Waals surface area (Å²) in [6.07, 6.45) is 6.04. The van der Waals surface area contributed by atoms with Crippen LogP contribution >= 0.6 is 0 Å². The van der Waals surface area contributed by atoms with Gasteiger partial charge in [0.2, 0.25) is 5.96 Å². The van der Waals surface area contributed by atoms with E-state index in [9.17, 15) is 0 Å². The number of ether oxygens (including phenoxy) is 1. The average molecular weight is 438 g/mol. The molecule has 0 fully saturated rings. The van der Waals surface area contributed by atoms with Crippen molar-refractivity contribution in [2.24, 2.45) is 9.98 Å². The molecule has 176 valence electrons. The number of guanidine groups is 1. The van der Waals surface area contributed by atoms with E-state index in [0.717, 1.165) is 17.1 Å². The number of methoxy groups -OCH3 is 1. The average Bonchev–Trinajstić information content (AvgIpc) is 2.87. The Labute approximate surface area is 196 Å². The maximum Gasteiger partial charge on any atom is 0.222 e. The van der Waals surface area contributed by atoms with Crippen LogP contribution in [-0.4, -0.2) is 25.8 Å². The van der Waals surface area contributed by atoms with Crippen molar-refractivity contribution in [3.05, 3.63) is 78.4 Å². The van der Waals surface area contributed by atoms with Crippen LogP contribution < -0.4 is 10.1 Å². The molecule has 0 spiro atoms. The lowest BCUT2D eigenvalue weighted by molar-refractivity contribution is 0.415. The molecule has 0 aliphatic carbocycles. The Hall–Kier alpha value is -3.14. The van der Waals surface area contributed by atoms with Crippen molar-refractivity contribution in [2.45, 2.75) is 55.4 Å². The monoisotopic (exact) mass is 437 g/mol. The lowest BCUT2D eigenvalue weighted by Gasteiger charge is -2.07. The van der Waals surface area contributed by atoms with Gasteiger partial charge in [0.1, 0.15) is 5.75 Å². The van der Waals surface area contributed by atoms with Crippen molar-refractivity contribution in [3.8, 4) is 5.75 Å². The number of rotatable bonds is 5. The van der Waals surface area contributed by atoms with E-state index < -0.39 is 0 Å². The standard InChI is InChI=1S/C22H25N3O.3C2H6/c1-17(19-12-6-5-7-13-19)10-8-11-18(2)24-22(23-3)25-20-14-9-15-21(16-20)26-4;3*1-2/h5-16H,1-4H3,(H,23,25);3*1-2H3/b11-8-,17-10+,24-18+;;;. The van der Waals surface area contributed by atoms with Gasteiger partial charge in [0.15, 0.2) is 0 Å². The molecular formula is C28H43N3O. The fraction of sp³-hybridized carbons (Fsp3) is 0.357. The van der Waals surface area contributed by atoms with E-state index in [4.69, 9.17) is 4.74 Å². The summed E-state index contributed by atoms with van der Waals surface area (Å²) in [7, 11) is 3.36. The van der Waals surface area contributed by atoms with Crippen LogP contribution in [0.2, 0.25) is 0 Å². The van der Waals surface area contributed by atoms with Gasteiger partial charge in [0, 0.05) is 24.5 Å². The summed E-state index contributed by atoms with van der Waals surface area (Å²) in [4.78, 5) is 8.71. The summed E-state index contributed by atoms with van der Waals surface area (Å²) in [5, 5.41) is 3.19. The summed E-state index contributed by atoms with van der Waals surface area (Å²) in [5.74, 6) is 1.33. The predicted octanol–water partition coefficient (Wildman–Crippen LogP) is 8.29. The van der Waals surface area contributed by atoms with Crippen LogP contribution in [-0.2, 0) is 0 Å². The first-order valence-corrected chi connectivity index (χ1v) is 11.5. The van der Waals surface area contributed by atoms with Crippen molar-refractivity contribution in [3.63, 3.8) is 0 Å². The molecule has 2 aromatic carbocycles. The zero-order valence-electron chi connectivity index (χ0n) is 21.7. The Kier molecular flexibility index (Phi) is 20.5. The molecule has 0 unspecified atom stereocenters. The molecule has 1 N–H and O–H groups in total. The molecule has 0 atom stereocenters. The molecule has 0 aromatic heterocycles. The van der Waals surface area contributed by atoms with Crippen molar-refractivity contribution in [1.82, 2.24) is 0 Å². The molecule has 32 heavy (non-hydrogen) atoms. The normalized spacial score (nSPS) is 11.2. The predicted molar refractivity (Wildman–Crippen MR) is 146 cm³/mol. The number of hydrogen-bond donors (Lipinski definition) is 1. The van der Waals surface area contributed by atoms with Crippen LogP contribution in [0, 0.1) is 0 Å². The Bertz CT molecular complexity index is 835. The van der Waals surface area contributed by atoms with Gasteiger partial charge in [-0.1, -0.05) is 90.1 Å². The first-order chi connectivity index (χ1) is 15.6. The van der Waals surface area contributed by atoms with Crippen LogP contribution in [0.25, 0.3) is 5.57 Å². The molecule has 4 nitrogen and oxygen atoms in total. The first kappa shape index (κ1) is 31.0. The number of hydrogen-bond acceptors (Lipinski definition) is 2. The minimum atomic E-state index is 0.546. The molecule has 2 aromatic rings. The van der Waals surface area contributed by atoms with Gasteiger partial charge in [0.05, 0.1) is 7.11 Å². The van der Waals surface area contributed by atoms with Gasteiger partial charge in [-0.3, -0.25) is 4.99 Å². The van der Waals surface area contributed by atoms with Crippen LogP contribution in [0.3, 0.4) is 0 Å². The van der Waals surface area contributed by atoms with Gasteiger partial charge in [-0.05, 0) is 43.2 Å². The van der Waals surface area contributed by atoms with Crippen LogP contribution in [0.15, 0.2) is 82.8 Å². The first-order valence-electron chi connectivity index (χ1n) is 11.5. The molecule has 4 heteroatoms. The molecule has 0 saturated heterocycles. The third-order valence-electron chi connectivity index (χ3n) is 3.73. The molecule has 0 heterocycles. The van der Waals surface area contributed by atoms with Crippen LogP contribution in [0.1, 0.15) is 61.0 Å². The molecule has 0 aliphatic heterocycles. The fourth-order valence-corrected chi connectivity index (χ4v) is 2.30. The van der Waals surface area contributed by atoms with Gasteiger partial charge in [-0.2, -0.15) is 0 Å². The van der Waals surface area contributed by atoms with E-state index in [1.807, 2.05) is 103 Å². The van der Waals surface area contributed by atoms with Crippen molar-refractivity contribution in [1.29, 1.82) is 0 Å². The molecule has 0 saturated carbocycles. The SMILES string of the molecule is CC.CC.CC.CN=C(/N=C(C)/C=C\C=C(/C)c1ccccc1)Nc1cccc(OC)c1. The number of allylic oxidation sites excluding steroid dienone is 4. The van der Waals surface area contributed by atoms with Crippen molar-refractivity contribution >= 4 is 22.9 Å². The van der Waals surface area contributed by atoms with E-state index in [2.05, 4.69) is 40.4 Å². The zero-order valence-corrected chi connectivity index (χ0v) is 21.7. The van der Waals surface area contributed by atoms with Crippen LogP contribution in [0.5, 0.6) is 5.75 Å². The van der Waals surface area contributed by atoms with Gasteiger partial charge in [-0.25, -0.2) is 4.99 Å².